The highest BCUT2D eigenvalue weighted by molar-refractivity contribution is 9.10. The Labute approximate surface area is 130 Å². The molecule has 0 radical (unpaired) electrons. The van der Waals surface area contributed by atoms with Crippen molar-refractivity contribution in [3.05, 3.63) is 18.2 Å². The summed E-state index contributed by atoms with van der Waals surface area (Å²) in [4.78, 5) is 16.0. The number of hydrogen-bond acceptors (Lipinski definition) is 4. The van der Waals surface area contributed by atoms with Gasteiger partial charge in [0.15, 0.2) is 5.13 Å². The second kappa shape index (κ2) is 6.54. The van der Waals surface area contributed by atoms with Crippen LogP contribution in [0.4, 0.5) is 5.13 Å². The third-order valence-electron chi connectivity index (χ3n) is 2.60. The molecule has 0 saturated heterocycles. The molecule has 0 aliphatic rings. The van der Waals surface area contributed by atoms with E-state index in [9.17, 15) is 4.79 Å². The van der Waals surface area contributed by atoms with Gasteiger partial charge in [-0.1, -0.05) is 34.2 Å². The first-order chi connectivity index (χ1) is 9.49. The van der Waals surface area contributed by atoms with E-state index in [1.165, 1.54) is 11.3 Å². The van der Waals surface area contributed by atoms with Crippen LogP contribution in [0.25, 0.3) is 10.2 Å². The third kappa shape index (κ3) is 3.70. The normalized spacial score (nSPS) is 12.7. The average molecular weight is 357 g/mol. The lowest BCUT2D eigenvalue weighted by Gasteiger charge is -2.08. The van der Waals surface area contributed by atoms with E-state index in [1.807, 2.05) is 39.0 Å². The predicted octanol–water partition coefficient (Wildman–Crippen LogP) is 4.20. The molecule has 20 heavy (non-hydrogen) atoms. The summed E-state index contributed by atoms with van der Waals surface area (Å²) >= 11 is 4.78. The lowest BCUT2D eigenvalue weighted by molar-refractivity contribution is -0.115. The first-order valence-corrected chi connectivity index (χ1v) is 8.25. The number of carbonyl (C=O) groups excluding carboxylic acids is 1. The van der Waals surface area contributed by atoms with Gasteiger partial charge in [-0.15, -0.1) is 0 Å². The molecular formula is C14H17BrN2O2S. The topological polar surface area (TPSA) is 51.2 Å². The van der Waals surface area contributed by atoms with Crippen molar-refractivity contribution in [3.8, 4) is 5.75 Å². The molecule has 0 aliphatic heterocycles. The van der Waals surface area contributed by atoms with Crippen molar-refractivity contribution < 1.29 is 9.53 Å². The third-order valence-corrected chi connectivity index (χ3v) is 4.60. The summed E-state index contributed by atoms with van der Waals surface area (Å²) in [6, 6.07) is 5.76. The van der Waals surface area contributed by atoms with Crippen molar-refractivity contribution in [3.63, 3.8) is 0 Å². The molecule has 0 unspecified atom stereocenters. The zero-order chi connectivity index (χ0) is 14.7. The molecule has 1 amide bonds. The van der Waals surface area contributed by atoms with Crippen molar-refractivity contribution in [2.75, 3.05) is 5.32 Å². The maximum Gasteiger partial charge on any atom is 0.239 e. The summed E-state index contributed by atoms with van der Waals surface area (Å²) in [6.45, 7) is 5.93. The molecule has 1 N–H and O–H groups in total. The minimum atomic E-state index is -0.186. The molecule has 0 spiro atoms. The highest BCUT2D eigenvalue weighted by Gasteiger charge is 2.14. The van der Waals surface area contributed by atoms with Gasteiger partial charge in [-0.25, -0.2) is 4.98 Å². The van der Waals surface area contributed by atoms with Crippen LogP contribution in [0.5, 0.6) is 5.75 Å². The van der Waals surface area contributed by atoms with Crippen LogP contribution in [-0.2, 0) is 4.79 Å². The maximum absolute atomic E-state index is 11.8. The van der Waals surface area contributed by atoms with E-state index in [0.717, 1.165) is 22.4 Å². The fraction of sp³-hybridized carbons (Fsp3) is 0.429. The largest absolute Gasteiger partial charge is 0.491 e. The minimum absolute atomic E-state index is 0.0646. The van der Waals surface area contributed by atoms with Gasteiger partial charge in [0.1, 0.15) is 5.75 Å². The SMILES string of the molecule is CC[C@H](Br)C(=O)Nc1nc2ccc(OC(C)C)cc2s1. The zero-order valence-corrected chi connectivity index (χ0v) is 14.0. The van der Waals surface area contributed by atoms with E-state index in [0.29, 0.717) is 5.13 Å². The average Bonchev–Trinajstić information content (AvgIpc) is 2.78. The first kappa shape index (κ1) is 15.3. The number of fused-ring (bicyclic) bond motifs is 1. The number of aromatic nitrogens is 1. The Hall–Kier alpha value is -1.14. The monoisotopic (exact) mass is 356 g/mol. The van der Waals surface area contributed by atoms with E-state index >= 15 is 0 Å². The van der Waals surface area contributed by atoms with Gasteiger partial charge in [0.05, 0.1) is 21.1 Å². The van der Waals surface area contributed by atoms with Crippen LogP contribution in [0, 0.1) is 0 Å². The molecule has 4 nitrogen and oxygen atoms in total. The van der Waals surface area contributed by atoms with Gasteiger partial charge in [0, 0.05) is 0 Å². The second-order valence-corrected chi connectivity index (χ2v) is 6.82. The molecule has 2 rings (SSSR count). The van der Waals surface area contributed by atoms with E-state index in [1.54, 1.807) is 0 Å². The van der Waals surface area contributed by atoms with Crippen molar-refractivity contribution in [1.29, 1.82) is 0 Å². The summed E-state index contributed by atoms with van der Waals surface area (Å²) < 4.78 is 6.65. The van der Waals surface area contributed by atoms with Crippen LogP contribution in [0.15, 0.2) is 18.2 Å². The molecule has 1 aromatic carbocycles. The molecule has 0 aliphatic carbocycles. The van der Waals surface area contributed by atoms with Gasteiger partial charge in [-0.2, -0.15) is 0 Å². The van der Waals surface area contributed by atoms with E-state index < -0.39 is 0 Å². The van der Waals surface area contributed by atoms with Gasteiger partial charge in [0.2, 0.25) is 5.91 Å². The molecule has 0 bridgehead atoms. The molecule has 108 valence electrons. The smallest absolute Gasteiger partial charge is 0.239 e. The lowest BCUT2D eigenvalue weighted by atomic mass is 10.3. The van der Waals surface area contributed by atoms with Gasteiger partial charge in [-0.3, -0.25) is 4.79 Å². The number of thiazole rings is 1. The zero-order valence-electron chi connectivity index (χ0n) is 11.6. The molecule has 1 atom stereocenters. The summed E-state index contributed by atoms with van der Waals surface area (Å²) in [5, 5.41) is 3.44. The Balaban J connectivity index is 2.18. The number of amides is 1. The standard InChI is InChI=1S/C14H17BrN2O2S/c1-4-10(15)13(18)17-14-16-11-6-5-9(19-8(2)3)7-12(11)20-14/h5-8,10H,4H2,1-3H3,(H,16,17,18)/t10-/m0/s1. The number of ether oxygens (including phenoxy) is 1. The molecule has 1 aromatic heterocycles. The highest BCUT2D eigenvalue weighted by atomic mass is 79.9. The number of nitrogens with zero attached hydrogens (tertiary/aromatic N) is 1. The summed E-state index contributed by atoms with van der Waals surface area (Å²) in [7, 11) is 0. The Morgan fingerprint density at radius 2 is 2.25 bits per heavy atom. The molecule has 2 aromatic rings. The Bertz CT molecular complexity index is 612. The van der Waals surface area contributed by atoms with Gasteiger partial charge in [0.25, 0.3) is 0 Å². The van der Waals surface area contributed by atoms with Gasteiger partial charge in [-0.05, 0) is 38.5 Å². The highest BCUT2D eigenvalue weighted by Crippen LogP contribution is 2.30. The number of rotatable bonds is 5. The van der Waals surface area contributed by atoms with Crippen molar-refractivity contribution in [1.82, 2.24) is 4.98 Å². The summed E-state index contributed by atoms with van der Waals surface area (Å²) in [5.41, 5.74) is 0.865. The van der Waals surface area contributed by atoms with Crippen LogP contribution in [0.1, 0.15) is 27.2 Å². The number of nitrogens with one attached hydrogen (secondary N) is 1. The van der Waals surface area contributed by atoms with Crippen molar-refractivity contribution >= 4 is 48.5 Å². The Kier molecular flexibility index (Phi) is 4.99. The number of hydrogen-bond donors (Lipinski definition) is 1. The van der Waals surface area contributed by atoms with E-state index in [4.69, 9.17) is 4.74 Å². The molecule has 6 heteroatoms. The number of anilines is 1. The first-order valence-electron chi connectivity index (χ1n) is 6.51. The second-order valence-electron chi connectivity index (χ2n) is 4.68. The van der Waals surface area contributed by atoms with E-state index in [-0.39, 0.29) is 16.8 Å². The molecular weight excluding hydrogens is 340 g/mol. The van der Waals surface area contributed by atoms with Gasteiger partial charge < -0.3 is 10.1 Å². The van der Waals surface area contributed by atoms with E-state index in [2.05, 4.69) is 26.2 Å². The minimum Gasteiger partial charge on any atom is -0.491 e. The fourth-order valence-electron chi connectivity index (χ4n) is 1.67. The maximum atomic E-state index is 11.8. The van der Waals surface area contributed by atoms with Crippen LogP contribution in [0.3, 0.4) is 0 Å². The molecule has 0 saturated carbocycles. The molecule has 0 fully saturated rings. The summed E-state index contributed by atoms with van der Waals surface area (Å²) in [6.07, 6.45) is 0.876. The number of benzene rings is 1. The van der Waals surface area contributed by atoms with Gasteiger partial charge >= 0.3 is 0 Å². The van der Waals surface area contributed by atoms with Crippen LogP contribution >= 0.6 is 27.3 Å². The van der Waals surface area contributed by atoms with Crippen molar-refractivity contribution in [2.45, 2.75) is 38.1 Å². The predicted molar refractivity (Wildman–Crippen MR) is 87.0 cm³/mol. The lowest BCUT2D eigenvalue weighted by Crippen LogP contribution is -2.21. The van der Waals surface area contributed by atoms with Crippen molar-refractivity contribution in [2.24, 2.45) is 0 Å². The molecule has 1 heterocycles. The number of alkyl halides is 1. The quantitative estimate of drug-likeness (QED) is 0.816. The van der Waals surface area contributed by atoms with Crippen LogP contribution in [0.2, 0.25) is 0 Å². The summed E-state index contributed by atoms with van der Waals surface area (Å²) in [5.74, 6) is 0.756. The van der Waals surface area contributed by atoms with Crippen LogP contribution in [-0.4, -0.2) is 21.8 Å². The fourth-order valence-corrected chi connectivity index (χ4v) is 2.68. The number of carbonyl (C=O) groups is 1. The Morgan fingerprint density at radius 1 is 1.50 bits per heavy atom. The van der Waals surface area contributed by atoms with Crippen LogP contribution < -0.4 is 10.1 Å². The Morgan fingerprint density at radius 3 is 2.90 bits per heavy atom. The number of halogens is 1.